The van der Waals surface area contributed by atoms with Gasteiger partial charge in [0.15, 0.2) is 0 Å². The molecule has 4 aliphatic carbocycles. The van der Waals surface area contributed by atoms with Crippen molar-refractivity contribution in [3.63, 3.8) is 0 Å². The molecule has 102 heavy (non-hydrogen) atoms. The van der Waals surface area contributed by atoms with Crippen LogP contribution in [0.1, 0.15) is 367 Å². The Labute approximate surface area is 620 Å². The first kappa shape index (κ1) is 75.1. The third-order valence-corrected chi connectivity index (χ3v) is 26.2. The van der Waals surface area contributed by atoms with Crippen molar-refractivity contribution in [3.8, 4) is 77.9 Å². The SMILES string of the molecule is CCCCCCC1(CCCCCC)c2ccccc2-c2ccc(-c3ccc4c(c3)C(CCCCCC)(CCCCCC)c3cc(-c5ccc6c(c5)C(CCCCCC)(CCCCCC)c5cc(-c7ccc8c(c7)C(CCCCCC)(CCCCCC)c7cc(C=O)ccc7-8)ccc5-6)ccc3-4)cc21. The summed E-state index contributed by atoms with van der Waals surface area (Å²) in [5.41, 5.74) is 32.8. The predicted octanol–water partition coefficient (Wildman–Crippen LogP) is 31.3. The molecule has 0 saturated carbocycles. The average molecular weight is 1360 g/mol. The Morgan fingerprint density at radius 1 is 0.206 bits per heavy atom. The van der Waals surface area contributed by atoms with E-state index in [2.05, 4.69) is 207 Å². The maximum Gasteiger partial charge on any atom is 0.150 e. The molecule has 8 aromatic carbocycles. The van der Waals surface area contributed by atoms with Crippen molar-refractivity contribution in [3.05, 3.63) is 202 Å². The Morgan fingerprint density at radius 2 is 0.402 bits per heavy atom. The summed E-state index contributed by atoms with van der Waals surface area (Å²) in [6, 6.07) is 62.8. The first-order valence-corrected chi connectivity index (χ1v) is 42.8. The van der Waals surface area contributed by atoms with E-state index in [9.17, 15) is 4.79 Å². The molecule has 0 spiro atoms. The molecule has 12 rings (SSSR count). The third kappa shape index (κ3) is 15.2. The number of benzene rings is 8. The van der Waals surface area contributed by atoms with E-state index in [1.165, 1.54) is 333 Å². The lowest BCUT2D eigenvalue weighted by molar-refractivity contribution is 0.112. The van der Waals surface area contributed by atoms with Gasteiger partial charge in [0, 0.05) is 27.2 Å². The Morgan fingerprint density at radius 3 is 0.627 bits per heavy atom. The van der Waals surface area contributed by atoms with Crippen molar-refractivity contribution >= 4 is 6.29 Å². The van der Waals surface area contributed by atoms with Gasteiger partial charge in [0.05, 0.1) is 0 Å². The zero-order valence-corrected chi connectivity index (χ0v) is 65.2. The highest BCUT2D eigenvalue weighted by Crippen LogP contribution is 2.61. The monoisotopic (exact) mass is 1360 g/mol. The number of hydrogen-bond acceptors (Lipinski definition) is 1. The fraction of sp³-hybridized carbons (Fsp3) is 0.515. The molecule has 0 aliphatic heterocycles. The van der Waals surface area contributed by atoms with Crippen LogP contribution >= 0.6 is 0 Å². The smallest absolute Gasteiger partial charge is 0.150 e. The molecule has 1 heteroatoms. The molecule has 0 heterocycles. The highest BCUT2D eigenvalue weighted by Gasteiger charge is 2.48. The summed E-state index contributed by atoms with van der Waals surface area (Å²) in [4.78, 5) is 12.6. The van der Waals surface area contributed by atoms with Crippen molar-refractivity contribution in [2.45, 2.75) is 334 Å². The molecule has 540 valence electrons. The number of unbranched alkanes of at least 4 members (excludes halogenated alkanes) is 24. The van der Waals surface area contributed by atoms with Crippen LogP contribution in [0.3, 0.4) is 0 Å². The van der Waals surface area contributed by atoms with Crippen LogP contribution in [0.25, 0.3) is 77.9 Å². The van der Waals surface area contributed by atoms with Crippen molar-refractivity contribution in [2.24, 2.45) is 0 Å². The van der Waals surface area contributed by atoms with E-state index in [4.69, 9.17) is 0 Å². The lowest BCUT2D eigenvalue weighted by Gasteiger charge is -2.34. The largest absolute Gasteiger partial charge is 0.298 e. The van der Waals surface area contributed by atoms with Crippen LogP contribution in [-0.4, -0.2) is 6.29 Å². The van der Waals surface area contributed by atoms with Crippen LogP contribution in [0, 0.1) is 0 Å². The van der Waals surface area contributed by atoms with Gasteiger partial charge in [-0.05, 0) is 216 Å². The van der Waals surface area contributed by atoms with Crippen LogP contribution in [0.15, 0.2) is 152 Å². The minimum absolute atomic E-state index is 0.0542. The number of fused-ring (bicyclic) bond motifs is 12. The molecule has 4 aliphatic rings. The Hall–Kier alpha value is -6.57. The van der Waals surface area contributed by atoms with Crippen LogP contribution in [0.2, 0.25) is 0 Å². The van der Waals surface area contributed by atoms with Gasteiger partial charge in [-0.2, -0.15) is 0 Å². The van der Waals surface area contributed by atoms with Gasteiger partial charge in [0.2, 0.25) is 0 Å². The van der Waals surface area contributed by atoms with Crippen LogP contribution in [0.5, 0.6) is 0 Å². The van der Waals surface area contributed by atoms with Crippen molar-refractivity contribution in [2.75, 3.05) is 0 Å². The number of aldehydes is 1. The van der Waals surface area contributed by atoms with Crippen molar-refractivity contribution in [1.29, 1.82) is 0 Å². The molecule has 0 fully saturated rings. The molecule has 0 aromatic heterocycles. The van der Waals surface area contributed by atoms with Gasteiger partial charge in [0.25, 0.3) is 0 Å². The second-order valence-electron chi connectivity index (χ2n) is 32.8. The summed E-state index contributed by atoms with van der Waals surface area (Å²) in [5.74, 6) is 0. The van der Waals surface area contributed by atoms with Gasteiger partial charge in [-0.15, -0.1) is 0 Å². The molecule has 0 saturated heterocycles. The molecule has 0 N–H and O–H groups in total. The van der Waals surface area contributed by atoms with E-state index in [1.807, 2.05) is 0 Å². The Bertz CT molecular complexity index is 4020. The Kier molecular flexibility index (Phi) is 26.1. The van der Waals surface area contributed by atoms with E-state index >= 15 is 0 Å². The van der Waals surface area contributed by atoms with E-state index in [1.54, 1.807) is 33.4 Å². The molecular weight excluding hydrogens is 1230 g/mol. The minimum Gasteiger partial charge on any atom is -0.298 e. The van der Waals surface area contributed by atoms with E-state index in [-0.39, 0.29) is 21.7 Å². The summed E-state index contributed by atoms with van der Waals surface area (Å²) >= 11 is 0. The maximum atomic E-state index is 12.6. The molecule has 0 atom stereocenters. The number of carbonyl (C=O) groups is 1. The summed E-state index contributed by atoms with van der Waals surface area (Å²) in [5, 5.41) is 0. The highest BCUT2D eigenvalue weighted by molar-refractivity contribution is 5.92. The average Bonchev–Trinajstić information content (AvgIpc) is 1.54. The predicted molar refractivity (Wildman–Crippen MR) is 443 cm³/mol. The van der Waals surface area contributed by atoms with E-state index in [0.717, 1.165) is 24.7 Å². The number of hydrogen-bond donors (Lipinski definition) is 0. The highest BCUT2D eigenvalue weighted by atomic mass is 16.1. The summed E-state index contributed by atoms with van der Waals surface area (Å²) in [6.45, 7) is 18.9. The second kappa shape index (κ2) is 35.5. The van der Waals surface area contributed by atoms with Crippen molar-refractivity contribution < 1.29 is 4.79 Å². The summed E-state index contributed by atoms with van der Waals surface area (Å²) in [6.07, 6.45) is 51.2. The van der Waals surface area contributed by atoms with Gasteiger partial charge in [-0.3, -0.25) is 4.79 Å². The lowest BCUT2D eigenvalue weighted by Crippen LogP contribution is -2.26. The maximum absolute atomic E-state index is 12.6. The van der Waals surface area contributed by atoms with Gasteiger partial charge < -0.3 is 0 Å². The van der Waals surface area contributed by atoms with Crippen LogP contribution in [0.4, 0.5) is 0 Å². The Balaban J connectivity index is 0.962. The second-order valence-corrected chi connectivity index (χ2v) is 32.8. The molecule has 0 bridgehead atoms. The number of carbonyl (C=O) groups excluding carboxylic acids is 1. The zero-order valence-electron chi connectivity index (χ0n) is 65.2. The van der Waals surface area contributed by atoms with Gasteiger partial charge in [0.1, 0.15) is 6.29 Å². The molecule has 8 aromatic rings. The van der Waals surface area contributed by atoms with Gasteiger partial charge >= 0.3 is 0 Å². The minimum atomic E-state index is -0.106. The van der Waals surface area contributed by atoms with Gasteiger partial charge in [-0.1, -0.05) is 370 Å². The van der Waals surface area contributed by atoms with E-state index in [0.29, 0.717) is 0 Å². The zero-order chi connectivity index (χ0) is 70.9. The first-order valence-electron chi connectivity index (χ1n) is 42.8. The van der Waals surface area contributed by atoms with E-state index < -0.39 is 0 Å². The van der Waals surface area contributed by atoms with Crippen LogP contribution in [-0.2, 0) is 21.7 Å². The van der Waals surface area contributed by atoms with Crippen LogP contribution < -0.4 is 0 Å². The lowest BCUT2D eigenvalue weighted by atomic mass is 9.69. The summed E-state index contributed by atoms with van der Waals surface area (Å²) < 4.78 is 0. The van der Waals surface area contributed by atoms with Gasteiger partial charge in [-0.25, -0.2) is 0 Å². The summed E-state index contributed by atoms with van der Waals surface area (Å²) in [7, 11) is 0. The molecule has 0 unspecified atom stereocenters. The topological polar surface area (TPSA) is 17.1 Å². The standard InChI is InChI=1S/C101H130O/c1-9-17-25-35-59-98(60-36-26-18-10-2)90-44-34-33-43-82(90)84-53-46-76(68-92(84)98)78-48-55-86-88-57-50-80(72-96(88)100(94(86)70-78,63-39-29-21-13-5)64-40-30-22-14-6)81-51-58-89-87-56-49-79(71-95(87)101(97(89)73-81,65-41-31-23-15-7)66-42-32-24-16-8)77-47-54-85-83-52-45-75(74-102)67-91(83)99(93(85)69-77,61-37-27-19-11-3)62-38-28-20-12-4/h33-34,43-58,67-74H,9-32,35-42,59-66H2,1-8H3. The molecule has 0 radical (unpaired) electrons. The third-order valence-electron chi connectivity index (χ3n) is 26.2. The molecule has 1 nitrogen and oxygen atoms in total. The number of rotatable bonds is 44. The fourth-order valence-corrected chi connectivity index (χ4v) is 20.6. The molecule has 0 amide bonds. The normalized spacial score (nSPS) is 14.8. The molecular formula is C101H130O. The quantitative estimate of drug-likeness (QED) is 0.0275. The van der Waals surface area contributed by atoms with Crippen molar-refractivity contribution in [1.82, 2.24) is 0 Å². The fourth-order valence-electron chi connectivity index (χ4n) is 20.6. The first-order chi connectivity index (χ1) is 50.2.